The van der Waals surface area contributed by atoms with Crippen LogP contribution in [0.3, 0.4) is 0 Å². The van der Waals surface area contributed by atoms with Crippen LogP contribution in [0, 0.1) is 0 Å². The molecule has 0 saturated carbocycles. The first-order valence-electron chi connectivity index (χ1n) is 12.2. The molecule has 9 nitrogen and oxygen atoms in total. The maximum absolute atomic E-state index is 13.1. The largest absolute Gasteiger partial charge is 0.462 e. The van der Waals surface area contributed by atoms with Gasteiger partial charge in [0.15, 0.2) is 0 Å². The monoisotopic (exact) mass is 525 g/mol. The first-order valence-corrected chi connectivity index (χ1v) is 12.6. The molecule has 0 bridgehead atoms. The van der Waals surface area contributed by atoms with Crippen LogP contribution in [-0.2, 0) is 14.3 Å². The molecule has 0 unspecified atom stereocenters. The van der Waals surface area contributed by atoms with E-state index < -0.39 is 17.8 Å². The molecule has 0 aliphatic carbocycles. The quantitative estimate of drug-likeness (QED) is 0.424. The number of piperidine rings is 1. The van der Waals surface area contributed by atoms with Gasteiger partial charge >= 0.3 is 5.97 Å². The molecule has 0 radical (unpaired) electrons. The van der Waals surface area contributed by atoms with Crippen molar-refractivity contribution in [3.8, 4) is 0 Å². The predicted octanol–water partition coefficient (Wildman–Crippen LogP) is 2.05. The van der Waals surface area contributed by atoms with E-state index in [4.69, 9.17) is 16.3 Å². The number of nitrogens with one attached hydrogen (secondary N) is 2. The van der Waals surface area contributed by atoms with Gasteiger partial charge in [0, 0.05) is 37.2 Å². The Morgan fingerprint density at radius 1 is 1.08 bits per heavy atom. The second-order valence-corrected chi connectivity index (χ2v) is 9.59. The van der Waals surface area contributed by atoms with Crippen LogP contribution < -0.4 is 15.1 Å². The molecule has 37 heavy (non-hydrogen) atoms. The maximum Gasteiger partial charge on any atom is 0.338 e. The molecule has 2 aromatic rings. The van der Waals surface area contributed by atoms with Gasteiger partial charge in [-0.05, 0) is 49.4 Å². The Hall–Kier alpha value is -3.69. The van der Waals surface area contributed by atoms with Crippen LogP contribution in [0.15, 0.2) is 59.3 Å². The molecule has 194 valence electrons. The van der Waals surface area contributed by atoms with Crippen LogP contribution in [0.1, 0.15) is 40.5 Å². The third kappa shape index (κ3) is 5.52. The zero-order chi connectivity index (χ0) is 26.7. The van der Waals surface area contributed by atoms with Gasteiger partial charge in [0.1, 0.15) is 10.7 Å². The van der Waals surface area contributed by atoms with E-state index in [1.54, 1.807) is 36.1 Å². The minimum absolute atomic E-state index is 0.0858. The summed E-state index contributed by atoms with van der Waals surface area (Å²) < 4.78 is 4.96. The zero-order valence-corrected chi connectivity index (χ0v) is 21.8. The van der Waals surface area contributed by atoms with Gasteiger partial charge in [0.05, 0.1) is 38.0 Å². The second kappa shape index (κ2) is 11.1. The van der Waals surface area contributed by atoms with Crippen molar-refractivity contribution in [1.29, 1.82) is 0 Å². The summed E-state index contributed by atoms with van der Waals surface area (Å²) in [5, 5.41) is 2.66. The fraction of sp³-hybridized carbons (Fsp3) is 0.333. The summed E-state index contributed by atoms with van der Waals surface area (Å²) in [6.07, 6.45) is 1.89. The first kappa shape index (κ1) is 26.4. The van der Waals surface area contributed by atoms with E-state index in [1.165, 1.54) is 29.2 Å². The molecule has 0 spiro atoms. The lowest BCUT2D eigenvalue weighted by atomic mass is 10.0. The number of carbonyl (C=O) groups is 4. The molecule has 2 aliphatic rings. The molecule has 4 rings (SSSR count). The Labute approximate surface area is 220 Å². The van der Waals surface area contributed by atoms with Crippen LogP contribution in [-0.4, -0.2) is 68.4 Å². The summed E-state index contributed by atoms with van der Waals surface area (Å²) in [5.74, 6) is -1.93. The number of halogens is 1. The standard InChI is InChI=1S/C27H29ClN4O5/c1-4-37-27(36)17-8-10-21(11-9-17)32-25(34)22(28)23(26(32)35)29-19-7-5-6-18(16-19)24(33)31(3)20-12-14-30(2)15-13-20/h5-11,16,20,29H,4,12-15H2,1-3H3/p+1. The van der Waals surface area contributed by atoms with E-state index in [-0.39, 0.29) is 35.0 Å². The van der Waals surface area contributed by atoms with Gasteiger partial charge in [-0.1, -0.05) is 17.7 Å². The van der Waals surface area contributed by atoms with Crippen LogP contribution >= 0.6 is 11.6 Å². The van der Waals surface area contributed by atoms with Crippen molar-refractivity contribution < 1.29 is 28.8 Å². The van der Waals surface area contributed by atoms with E-state index in [9.17, 15) is 19.2 Å². The van der Waals surface area contributed by atoms with Gasteiger partial charge in [-0.3, -0.25) is 14.4 Å². The number of hydrogen-bond donors (Lipinski definition) is 2. The fourth-order valence-electron chi connectivity index (χ4n) is 4.53. The number of nitrogens with zero attached hydrogens (tertiary/aromatic N) is 2. The number of carbonyl (C=O) groups excluding carboxylic acids is 4. The summed E-state index contributed by atoms with van der Waals surface area (Å²) in [4.78, 5) is 55.2. The average Bonchev–Trinajstić information content (AvgIpc) is 3.11. The van der Waals surface area contributed by atoms with Crippen LogP contribution in [0.5, 0.6) is 0 Å². The molecule has 0 aromatic heterocycles. The highest BCUT2D eigenvalue weighted by Crippen LogP contribution is 2.30. The van der Waals surface area contributed by atoms with Gasteiger partial charge in [0.25, 0.3) is 17.7 Å². The van der Waals surface area contributed by atoms with Crippen molar-refractivity contribution in [3.05, 3.63) is 70.4 Å². The van der Waals surface area contributed by atoms with E-state index in [1.807, 2.05) is 7.05 Å². The topological polar surface area (TPSA) is 100 Å². The molecule has 2 aromatic carbocycles. The SMILES string of the molecule is CCOC(=O)c1ccc(N2C(=O)C(Cl)=C(Nc3cccc(C(=O)N(C)C4CC[NH+](C)CC4)c3)C2=O)cc1. The van der Waals surface area contributed by atoms with E-state index in [0.717, 1.165) is 30.8 Å². The molecule has 1 saturated heterocycles. The number of quaternary nitrogens is 1. The number of imide groups is 1. The van der Waals surface area contributed by atoms with Crippen LogP contribution in [0.4, 0.5) is 11.4 Å². The predicted molar refractivity (Wildman–Crippen MR) is 140 cm³/mol. The normalized spacial score (nSPS) is 19.7. The number of anilines is 2. The number of benzene rings is 2. The van der Waals surface area contributed by atoms with Crippen molar-refractivity contribution >= 4 is 46.7 Å². The van der Waals surface area contributed by atoms with Crippen molar-refractivity contribution in [1.82, 2.24) is 4.90 Å². The number of rotatable bonds is 7. The Balaban J connectivity index is 1.48. The lowest BCUT2D eigenvalue weighted by molar-refractivity contribution is -0.885. The second-order valence-electron chi connectivity index (χ2n) is 9.21. The molecule has 10 heteroatoms. The van der Waals surface area contributed by atoms with Crippen LogP contribution in [0.2, 0.25) is 0 Å². The van der Waals surface area contributed by atoms with Crippen molar-refractivity contribution in [2.24, 2.45) is 0 Å². The molecule has 0 atom stereocenters. The molecule has 2 aliphatic heterocycles. The average molecular weight is 526 g/mol. The lowest BCUT2D eigenvalue weighted by Crippen LogP contribution is -3.10. The molecule has 3 amide bonds. The minimum Gasteiger partial charge on any atom is -0.462 e. The highest BCUT2D eigenvalue weighted by atomic mass is 35.5. The van der Waals surface area contributed by atoms with Gasteiger partial charge in [0.2, 0.25) is 0 Å². The first-order chi connectivity index (χ1) is 17.7. The summed E-state index contributed by atoms with van der Waals surface area (Å²) in [6.45, 7) is 3.99. The maximum atomic E-state index is 13.1. The number of hydrogen-bond acceptors (Lipinski definition) is 6. The minimum atomic E-state index is -0.686. The van der Waals surface area contributed by atoms with Crippen molar-refractivity contribution in [3.63, 3.8) is 0 Å². The Morgan fingerprint density at radius 2 is 1.76 bits per heavy atom. The number of esters is 1. The highest BCUT2D eigenvalue weighted by molar-refractivity contribution is 6.53. The summed E-state index contributed by atoms with van der Waals surface area (Å²) in [7, 11) is 3.97. The third-order valence-corrected chi connectivity index (χ3v) is 7.07. The Kier molecular flexibility index (Phi) is 7.94. The Bertz CT molecular complexity index is 1250. The van der Waals surface area contributed by atoms with Gasteiger partial charge in [-0.25, -0.2) is 9.69 Å². The van der Waals surface area contributed by atoms with Gasteiger partial charge < -0.3 is 19.9 Å². The molecule has 2 heterocycles. The Morgan fingerprint density at radius 3 is 2.41 bits per heavy atom. The highest BCUT2D eigenvalue weighted by Gasteiger charge is 2.39. The number of ether oxygens (including phenoxy) is 1. The smallest absolute Gasteiger partial charge is 0.338 e. The molecule has 1 fully saturated rings. The van der Waals surface area contributed by atoms with E-state index >= 15 is 0 Å². The molecular weight excluding hydrogens is 496 g/mol. The van der Waals surface area contributed by atoms with Crippen LogP contribution in [0.25, 0.3) is 0 Å². The van der Waals surface area contributed by atoms with Crippen molar-refractivity contribution in [2.75, 3.05) is 44.0 Å². The van der Waals surface area contributed by atoms with Gasteiger partial charge in [-0.15, -0.1) is 0 Å². The lowest BCUT2D eigenvalue weighted by Gasteiger charge is -2.33. The zero-order valence-electron chi connectivity index (χ0n) is 21.0. The number of likely N-dealkylation sites (tertiary alicyclic amines) is 1. The third-order valence-electron chi connectivity index (χ3n) is 6.72. The van der Waals surface area contributed by atoms with Gasteiger partial charge in [-0.2, -0.15) is 0 Å². The summed E-state index contributed by atoms with van der Waals surface area (Å²) in [5.41, 5.74) is 1.41. The summed E-state index contributed by atoms with van der Waals surface area (Å²) >= 11 is 6.26. The molecule has 2 N–H and O–H groups in total. The molecular formula is C27H30ClN4O5+. The van der Waals surface area contributed by atoms with E-state index in [0.29, 0.717) is 16.8 Å². The number of amides is 3. The van der Waals surface area contributed by atoms with E-state index in [2.05, 4.69) is 12.4 Å². The van der Waals surface area contributed by atoms with Crippen molar-refractivity contribution in [2.45, 2.75) is 25.8 Å². The fourth-order valence-corrected chi connectivity index (χ4v) is 4.75. The summed E-state index contributed by atoms with van der Waals surface area (Å²) in [6, 6.07) is 12.9.